The number of sulfonamides is 1. The Balaban J connectivity index is 1.99. The summed E-state index contributed by atoms with van der Waals surface area (Å²) in [6, 6.07) is 12.4. The van der Waals surface area contributed by atoms with Crippen LogP contribution in [-0.2, 0) is 16.4 Å². The highest BCUT2D eigenvalue weighted by atomic mass is 32.2. The van der Waals surface area contributed by atoms with Gasteiger partial charge in [0.15, 0.2) is 0 Å². The van der Waals surface area contributed by atoms with E-state index in [0.29, 0.717) is 22.9 Å². The molecule has 1 atom stereocenters. The lowest BCUT2D eigenvalue weighted by Crippen LogP contribution is -2.31. The standard InChI is InChI=1S/C20H25NO4S/c1-4-15-7-10-17(11-8-15)26(22,23)21-13-5-6-19(21)18-14-16(24-2)9-12-20(18)25-3/h7-12,14,19H,4-6,13H2,1-3H3. The molecule has 0 amide bonds. The van der Waals surface area contributed by atoms with Crippen molar-refractivity contribution in [2.24, 2.45) is 0 Å². The predicted octanol–water partition coefficient (Wildman–Crippen LogP) is 3.79. The van der Waals surface area contributed by atoms with Gasteiger partial charge in [-0.3, -0.25) is 0 Å². The molecule has 2 aromatic rings. The number of methoxy groups -OCH3 is 2. The van der Waals surface area contributed by atoms with E-state index in [0.717, 1.165) is 30.4 Å². The minimum Gasteiger partial charge on any atom is -0.497 e. The van der Waals surface area contributed by atoms with Crippen molar-refractivity contribution in [3.8, 4) is 11.5 Å². The first kappa shape index (κ1) is 18.7. The molecule has 1 aliphatic heterocycles. The first-order valence-corrected chi connectivity index (χ1v) is 10.3. The number of benzene rings is 2. The van der Waals surface area contributed by atoms with Crippen LogP contribution in [0.25, 0.3) is 0 Å². The smallest absolute Gasteiger partial charge is 0.243 e. The van der Waals surface area contributed by atoms with Crippen LogP contribution in [0.15, 0.2) is 47.4 Å². The molecule has 1 heterocycles. The van der Waals surface area contributed by atoms with Crippen molar-refractivity contribution in [1.29, 1.82) is 0 Å². The van der Waals surface area contributed by atoms with E-state index in [1.807, 2.05) is 30.3 Å². The van der Waals surface area contributed by atoms with E-state index in [1.165, 1.54) is 0 Å². The van der Waals surface area contributed by atoms with Gasteiger partial charge < -0.3 is 9.47 Å². The van der Waals surface area contributed by atoms with E-state index < -0.39 is 10.0 Å². The van der Waals surface area contributed by atoms with Crippen LogP contribution in [0.1, 0.15) is 36.9 Å². The topological polar surface area (TPSA) is 55.8 Å². The maximum absolute atomic E-state index is 13.2. The second-order valence-corrected chi connectivity index (χ2v) is 8.27. The van der Waals surface area contributed by atoms with E-state index >= 15 is 0 Å². The van der Waals surface area contributed by atoms with Gasteiger partial charge in [-0.15, -0.1) is 0 Å². The fraction of sp³-hybridized carbons (Fsp3) is 0.400. The lowest BCUT2D eigenvalue weighted by atomic mass is 10.0. The Hall–Kier alpha value is -2.05. The third kappa shape index (κ3) is 3.44. The van der Waals surface area contributed by atoms with E-state index in [4.69, 9.17) is 9.47 Å². The zero-order chi connectivity index (χ0) is 18.7. The summed E-state index contributed by atoms with van der Waals surface area (Å²) < 4.78 is 38.8. The van der Waals surface area contributed by atoms with E-state index in [9.17, 15) is 8.42 Å². The van der Waals surface area contributed by atoms with Crippen LogP contribution in [0.4, 0.5) is 0 Å². The molecule has 5 nitrogen and oxygen atoms in total. The van der Waals surface area contributed by atoms with Crippen LogP contribution >= 0.6 is 0 Å². The monoisotopic (exact) mass is 375 g/mol. The van der Waals surface area contributed by atoms with Crippen LogP contribution in [0.5, 0.6) is 11.5 Å². The van der Waals surface area contributed by atoms with Crippen LogP contribution in [-0.4, -0.2) is 33.5 Å². The van der Waals surface area contributed by atoms with Crippen molar-refractivity contribution in [2.45, 2.75) is 37.1 Å². The normalized spacial score (nSPS) is 18.0. The largest absolute Gasteiger partial charge is 0.497 e. The molecule has 2 aromatic carbocycles. The molecule has 26 heavy (non-hydrogen) atoms. The highest BCUT2D eigenvalue weighted by Gasteiger charge is 2.37. The van der Waals surface area contributed by atoms with Gasteiger partial charge in [0.2, 0.25) is 10.0 Å². The average Bonchev–Trinajstić information content (AvgIpc) is 3.18. The highest BCUT2D eigenvalue weighted by molar-refractivity contribution is 7.89. The van der Waals surface area contributed by atoms with Gasteiger partial charge in [0.25, 0.3) is 0 Å². The maximum atomic E-state index is 13.2. The van der Waals surface area contributed by atoms with Crippen molar-refractivity contribution < 1.29 is 17.9 Å². The Labute approximate surface area is 155 Å². The predicted molar refractivity (Wildman–Crippen MR) is 101 cm³/mol. The van der Waals surface area contributed by atoms with Crippen molar-refractivity contribution in [3.05, 3.63) is 53.6 Å². The number of rotatable bonds is 6. The molecule has 0 spiro atoms. The van der Waals surface area contributed by atoms with Crippen LogP contribution in [0.3, 0.4) is 0 Å². The molecule has 0 radical (unpaired) electrons. The Kier molecular flexibility index (Phi) is 5.53. The molecule has 0 bridgehead atoms. The molecular formula is C20H25NO4S. The molecule has 3 rings (SSSR count). The molecule has 1 saturated heterocycles. The molecule has 0 saturated carbocycles. The molecular weight excluding hydrogens is 350 g/mol. The summed E-state index contributed by atoms with van der Waals surface area (Å²) >= 11 is 0. The van der Waals surface area contributed by atoms with Crippen molar-refractivity contribution in [2.75, 3.05) is 20.8 Å². The number of aryl methyl sites for hydroxylation is 1. The summed E-state index contributed by atoms with van der Waals surface area (Å²) in [5.74, 6) is 1.37. The number of hydrogen-bond donors (Lipinski definition) is 0. The third-order valence-corrected chi connectivity index (χ3v) is 6.86. The molecule has 140 valence electrons. The number of hydrogen-bond acceptors (Lipinski definition) is 4. The molecule has 0 aromatic heterocycles. The second-order valence-electron chi connectivity index (χ2n) is 6.38. The molecule has 1 aliphatic rings. The third-order valence-electron chi connectivity index (χ3n) is 4.94. The Morgan fingerprint density at radius 3 is 2.42 bits per heavy atom. The van der Waals surface area contributed by atoms with Crippen molar-refractivity contribution >= 4 is 10.0 Å². The molecule has 1 fully saturated rings. The fourth-order valence-electron chi connectivity index (χ4n) is 3.47. The average molecular weight is 375 g/mol. The summed E-state index contributed by atoms with van der Waals surface area (Å²) in [4.78, 5) is 0.337. The minimum atomic E-state index is -3.57. The van der Waals surface area contributed by atoms with Crippen molar-refractivity contribution in [1.82, 2.24) is 4.31 Å². The summed E-state index contributed by atoms with van der Waals surface area (Å²) in [6.45, 7) is 2.55. The van der Waals surface area contributed by atoms with E-state index in [1.54, 1.807) is 30.7 Å². The summed E-state index contributed by atoms with van der Waals surface area (Å²) in [5, 5.41) is 0. The summed E-state index contributed by atoms with van der Waals surface area (Å²) in [6.07, 6.45) is 2.46. The second kappa shape index (κ2) is 7.68. The Morgan fingerprint density at radius 1 is 1.08 bits per heavy atom. The van der Waals surface area contributed by atoms with Crippen LogP contribution < -0.4 is 9.47 Å². The van der Waals surface area contributed by atoms with Gasteiger partial charge >= 0.3 is 0 Å². The quantitative estimate of drug-likeness (QED) is 0.771. The first-order chi connectivity index (χ1) is 12.5. The van der Waals surface area contributed by atoms with Gasteiger partial charge in [-0.2, -0.15) is 4.31 Å². The van der Waals surface area contributed by atoms with Crippen LogP contribution in [0.2, 0.25) is 0 Å². The van der Waals surface area contributed by atoms with Gasteiger partial charge in [-0.1, -0.05) is 19.1 Å². The summed E-state index contributed by atoms with van der Waals surface area (Å²) in [7, 11) is -0.368. The van der Waals surface area contributed by atoms with Gasteiger partial charge in [0, 0.05) is 12.1 Å². The SMILES string of the molecule is CCc1ccc(S(=O)(=O)N2CCCC2c2cc(OC)ccc2OC)cc1. The van der Waals surface area contributed by atoms with E-state index in [2.05, 4.69) is 6.92 Å². The van der Waals surface area contributed by atoms with Crippen LogP contribution in [0, 0.1) is 0 Å². The molecule has 0 aliphatic carbocycles. The van der Waals surface area contributed by atoms with Gasteiger partial charge in [-0.05, 0) is 55.2 Å². The Bertz CT molecular complexity index is 862. The van der Waals surface area contributed by atoms with Gasteiger partial charge in [0.05, 0.1) is 25.2 Å². The van der Waals surface area contributed by atoms with E-state index in [-0.39, 0.29) is 6.04 Å². The fourth-order valence-corrected chi connectivity index (χ4v) is 5.15. The molecule has 0 N–H and O–H groups in total. The van der Waals surface area contributed by atoms with Gasteiger partial charge in [0.1, 0.15) is 11.5 Å². The molecule has 6 heteroatoms. The zero-order valence-corrected chi connectivity index (χ0v) is 16.3. The maximum Gasteiger partial charge on any atom is 0.243 e. The lowest BCUT2D eigenvalue weighted by Gasteiger charge is -2.26. The minimum absolute atomic E-state index is 0.254. The van der Waals surface area contributed by atoms with Gasteiger partial charge in [-0.25, -0.2) is 8.42 Å². The first-order valence-electron chi connectivity index (χ1n) is 8.84. The molecule has 1 unspecified atom stereocenters. The number of nitrogens with zero attached hydrogens (tertiary/aromatic N) is 1. The zero-order valence-electron chi connectivity index (χ0n) is 15.4. The highest BCUT2D eigenvalue weighted by Crippen LogP contribution is 2.41. The lowest BCUT2D eigenvalue weighted by molar-refractivity contribution is 0.361. The Morgan fingerprint density at radius 2 is 1.81 bits per heavy atom. The number of ether oxygens (including phenoxy) is 2. The van der Waals surface area contributed by atoms with Crippen molar-refractivity contribution in [3.63, 3.8) is 0 Å². The summed E-state index contributed by atoms with van der Waals surface area (Å²) in [5.41, 5.74) is 1.97.